The van der Waals surface area contributed by atoms with Crippen molar-refractivity contribution >= 4 is 35.0 Å². The Morgan fingerprint density at radius 1 is 0.931 bits per heavy atom. The van der Waals surface area contributed by atoms with Gasteiger partial charge in [-0.1, -0.05) is 47.5 Å². The fourth-order valence-corrected chi connectivity index (χ4v) is 3.33. The number of amides is 2. The molecule has 0 heterocycles. The highest BCUT2D eigenvalue weighted by atomic mass is 35.5. The van der Waals surface area contributed by atoms with Crippen molar-refractivity contribution in [3.63, 3.8) is 0 Å². The van der Waals surface area contributed by atoms with E-state index in [2.05, 4.69) is 5.32 Å². The van der Waals surface area contributed by atoms with E-state index in [9.17, 15) is 9.59 Å². The third-order valence-electron chi connectivity index (χ3n) is 4.86. The van der Waals surface area contributed by atoms with Crippen molar-refractivity contribution in [3.8, 4) is 0 Å². The number of carbonyl (C=O) groups is 2. The summed E-state index contributed by atoms with van der Waals surface area (Å²) in [5, 5.41) is 3.76. The summed E-state index contributed by atoms with van der Waals surface area (Å²) in [6.45, 7) is 9.86. The molecule has 0 saturated heterocycles. The van der Waals surface area contributed by atoms with Crippen LogP contribution in [0, 0.1) is 13.8 Å². The van der Waals surface area contributed by atoms with Crippen molar-refractivity contribution in [1.29, 1.82) is 0 Å². The number of aryl methyl sites for hydroxylation is 2. The second-order valence-electron chi connectivity index (χ2n) is 7.70. The Bertz CT molecular complexity index is 896. The maximum atomic E-state index is 13.2. The number of rotatable bonds is 7. The van der Waals surface area contributed by atoms with Crippen LogP contribution in [-0.4, -0.2) is 28.8 Å². The number of nitrogens with zero attached hydrogens (tertiary/aromatic N) is 1. The third kappa shape index (κ3) is 6.48. The number of hydrogen-bond donors (Lipinski definition) is 1. The molecule has 0 saturated carbocycles. The van der Waals surface area contributed by atoms with Crippen LogP contribution in [0.4, 0.5) is 0 Å². The van der Waals surface area contributed by atoms with E-state index < -0.39 is 6.04 Å². The van der Waals surface area contributed by atoms with Gasteiger partial charge < -0.3 is 10.2 Å². The van der Waals surface area contributed by atoms with Gasteiger partial charge in [-0.05, 0) is 69.0 Å². The van der Waals surface area contributed by atoms with Crippen molar-refractivity contribution in [2.75, 3.05) is 0 Å². The largest absolute Gasteiger partial charge is 0.352 e. The molecule has 0 aliphatic rings. The highest BCUT2D eigenvalue weighted by Gasteiger charge is 2.26. The molecule has 2 amide bonds. The van der Waals surface area contributed by atoms with Crippen LogP contribution >= 0.6 is 23.2 Å². The lowest BCUT2D eigenvalue weighted by Gasteiger charge is -2.29. The second-order valence-corrected chi connectivity index (χ2v) is 8.52. The lowest BCUT2D eigenvalue weighted by Crippen LogP contribution is -2.49. The fourth-order valence-electron chi connectivity index (χ4n) is 3.01. The zero-order valence-electron chi connectivity index (χ0n) is 17.6. The van der Waals surface area contributed by atoms with Crippen molar-refractivity contribution in [1.82, 2.24) is 10.2 Å². The van der Waals surface area contributed by atoms with Crippen molar-refractivity contribution < 1.29 is 9.59 Å². The predicted octanol–water partition coefficient (Wildman–Crippen LogP) is 5.09. The van der Waals surface area contributed by atoms with Gasteiger partial charge in [0.1, 0.15) is 6.04 Å². The first-order valence-electron chi connectivity index (χ1n) is 9.68. The Balaban J connectivity index is 2.28. The van der Waals surface area contributed by atoms with Gasteiger partial charge in [-0.15, -0.1) is 0 Å². The van der Waals surface area contributed by atoms with Crippen molar-refractivity contribution in [2.24, 2.45) is 0 Å². The SMILES string of the molecule is Cc1ccc(CC(=O)N(Cc2ccc(Cl)c(Cl)c2)[C@@H](C)C(=O)NC(C)C)cc1C. The molecule has 6 heteroatoms. The molecule has 0 aromatic heterocycles. The third-order valence-corrected chi connectivity index (χ3v) is 5.60. The monoisotopic (exact) mass is 434 g/mol. The molecule has 0 aliphatic heterocycles. The van der Waals surface area contributed by atoms with Gasteiger partial charge >= 0.3 is 0 Å². The van der Waals surface area contributed by atoms with Gasteiger partial charge in [0.15, 0.2) is 0 Å². The minimum absolute atomic E-state index is 0.00775. The molecule has 0 aliphatic carbocycles. The van der Waals surface area contributed by atoms with E-state index in [0.717, 1.165) is 16.7 Å². The summed E-state index contributed by atoms with van der Waals surface area (Å²) in [5.74, 6) is -0.306. The van der Waals surface area contributed by atoms with E-state index >= 15 is 0 Å². The molecular formula is C23H28Cl2N2O2. The maximum absolute atomic E-state index is 13.2. The minimum atomic E-state index is -0.620. The lowest BCUT2D eigenvalue weighted by molar-refractivity contribution is -0.140. The summed E-state index contributed by atoms with van der Waals surface area (Å²) in [6.07, 6.45) is 0.224. The number of carbonyl (C=O) groups excluding carboxylic acids is 2. The summed E-state index contributed by atoms with van der Waals surface area (Å²) in [5.41, 5.74) is 4.06. The predicted molar refractivity (Wildman–Crippen MR) is 119 cm³/mol. The quantitative estimate of drug-likeness (QED) is 0.658. The number of benzene rings is 2. The van der Waals surface area contributed by atoms with E-state index in [1.54, 1.807) is 24.0 Å². The topological polar surface area (TPSA) is 49.4 Å². The number of nitrogens with one attached hydrogen (secondary N) is 1. The van der Waals surface area contributed by atoms with Crippen LogP contribution in [0.3, 0.4) is 0 Å². The first-order valence-corrected chi connectivity index (χ1v) is 10.4. The summed E-state index contributed by atoms with van der Waals surface area (Å²) < 4.78 is 0. The molecule has 1 N–H and O–H groups in total. The van der Waals surface area contributed by atoms with Crippen LogP contribution in [0.1, 0.15) is 43.0 Å². The van der Waals surface area contributed by atoms with E-state index in [-0.39, 0.29) is 30.8 Å². The maximum Gasteiger partial charge on any atom is 0.242 e. The zero-order chi connectivity index (χ0) is 21.7. The first-order chi connectivity index (χ1) is 13.6. The minimum Gasteiger partial charge on any atom is -0.352 e. The fraction of sp³-hybridized carbons (Fsp3) is 0.391. The van der Waals surface area contributed by atoms with Gasteiger partial charge in [0, 0.05) is 12.6 Å². The molecule has 0 fully saturated rings. The molecule has 2 rings (SSSR count). The normalized spacial score (nSPS) is 12.0. The van der Waals surface area contributed by atoms with Gasteiger partial charge in [-0.25, -0.2) is 0 Å². The summed E-state index contributed by atoms with van der Waals surface area (Å²) in [4.78, 5) is 27.4. The Kier molecular flexibility index (Phi) is 8.12. The van der Waals surface area contributed by atoms with E-state index in [1.165, 1.54) is 5.56 Å². The van der Waals surface area contributed by atoms with Crippen molar-refractivity contribution in [2.45, 2.75) is 59.7 Å². The van der Waals surface area contributed by atoms with Gasteiger partial charge in [-0.3, -0.25) is 9.59 Å². The average Bonchev–Trinajstić information content (AvgIpc) is 2.64. The molecular weight excluding hydrogens is 407 g/mol. The van der Waals surface area contributed by atoms with Crippen LogP contribution in [-0.2, 0) is 22.6 Å². The summed E-state index contributed by atoms with van der Waals surface area (Å²) in [6, 6.07) is 10.6. The highest BCUT2D eigenvalue weighted by molar-refractivity contribution is 6.42. The van der Waals surface area contributed by atoms with E-state index in [1.807, 2.05) is 52.0 Å². The molecule has 0 bridgehead atoms. The zero-order valence-corrected chi connectivity index (χ0v) is 19.1. The van der Waals surface area contributed by atoms with Crippen LogP contribution in [0.15, 0.2) is 36.4 Å². The molecule has 156 valence electrons. The Labute approximate surface area is 183 Å². The van der Waals surface area contributed by atoms with E-state index in [0.29, 0.717) is 10.0 Å². The average molecular weight is 435 g/mol. The molecule has 0 spiro atoms. The lowest BCUT2D eigenvalue weighted by atomic mass is 10.0. The molecule has 0 unspecified atom stereocenters. The molecule has 0 radical (unpaired) electrons. The molecule has 4 nitrogen and oxygen atoms in total. The standard InChI is InChI=1S/C23H28Cl2N2O2/c1-14(2)26-23(29)17(5)27(13-19-8-9-20(24)21(25)11-19)22(28)12-18-7-6-15(3)16(4)10-18/h6-11,14,17H,12-13H2,1-5H3,(H,26,29)/t17-/m0/s1. The second kappa shape index (κ2) is 10.1. The number of hydrogen-bond acceptors (Lipinski definition) is 2. The molecule has 2 aromatic carbocycles. The van der Waals surface area contributed by atoms with Crippen LogP contribution < -0.4 is 5.32 Å². The molecule has 1 atom stereocenters. The van der Waals surface area contributed by atoms with Crippen molar-refractivity contribution in [3.05, 3.63) is 68.7 Å². The van der Waals surface area contributed by atoms with Gasteiger partial charge in [-0.2, -0.15) is 0 Å². The van der Waals surface area contributed by atoms with Crippen LogP contribution in [0.5, 0.6) is 0 Å². The Morgan fingerprint density at radius 2 is 1.59 bits per heavy atom. The molecule has 29 heavy (non-hydrogen) atoms. The summed E-state index contributed by atoms with van der Waals surface area (Å²) in [7, 11) is 0. The van der Waals surface area contributed by atoms with Gasteiger partial charge in [0.25, 0.3) is 0 Å². The Morgan fingerprint density at radius 3 is 2.17 bits per heavy atom. The van der Waals surface area contributed by atoms with Crippen LogP contribution in [0.25, 0.3) is 0 Å². The van der Waals surface area contributed by atoms with E-state index in [4.69, 9.17) is 23.2 Å². The Hall–Kier alpha value is -2.04. The van der Waals surface area contributed by atoms with Gasteiger partial charge in [0.05, 0.1) is 16.5 Å². The summed E-state index contributed by atoms with van der Waals surface area (Å²) >= 11 is 12.1. The smallest absolute Gasteiger partial charge is 0.242 e. The highest BCUT2D eigenvalue weighted by Crippen LogP contribution is 2.24. The molecule has 2 aromatic rings. The van der Waals surface area contributed by atoms with Crippen LogP contribution in [0.2, 0.25) is 10.0 Å². The first kappa shape index (κ1) is 23.2. The van der Waals surface area contributed by atoms with Gasteiger partial charge in [0.2, 0.25) is 11.8 Å². The number of halogens is 2.